The van der Waals surface area contributed by atoms with Gasteiger partial charge in [-0.2, -0.15) is 0 Å². The van der Waals surface area contributed by atoms with Gasteiger partial charge >= 0.3 is 7.12 Å². The van der Waals surface area contributed by atoms with Gasteiger partial charge in [-0.15, -0.1) is 45.3 Å². The van der Waals surface area contributed by atoms with Crippen LogP contribution in [0, 0.1) is 0 Å². The van der Waals surface area contributed by atoms with Crippen LogP contribution in [0.1, 0.15) is 27.7 Å². The maximum atomic E-state index is 13.3. The average molecular weight is 1810 g/mol. The van der Waals surface area contributed by atoms with Crippen molar-refractivity contribution in [2.75, 3.05) is 53.3 Å². The number of hydrogen-bond donors (Lipinski definition) is 0. The lowest BCUT2D eigenvalue weighted by Gasteiger charge is -2.32. The highest BCUT2D eigenvalue weighted by atomic mass is 35.5. The zero-order chi connectivity index (χ0) is 87.5. The lowest BCUT2D eigenvalue weighted by Crippen LogP contribution is -2.41. The van der Waals surface area contributed by atoms with Crippen molar-refractivity contribution in [3.8, 4) is 101 Å². The third-order valence-corrected chi connectivity index (χ3v) is 34.8. The number of aromatic nitrogens is 4. The van der Waals surface area contributed by atoms with Gasteiger partial charge in [0.05, 0.1) is 34.0 Å². The molecule has 14 aromatic carbocycles. The first-order chi connectivity index (χ1) is 60.2. The smallest absolute Gasteiger partial charge is 0.399 e. The van der Waals surface area contributed by atoms with E-state index in [-0.39, 0.29) is 5.28 Å². The van der Waals surface area contributed by atoms with Crippen LogP contribution < -0.4 is 26.7 Å². The molecule has 20 heteroatoms. The average Bonchev–Trinajstić information content (AvgIpc) is 1.16. The standard InChI is InChI=1S/C50H38N2O2P2S2.C28H35BO4P2.C28H15ClN2S2/c1-55(2,53)38-13-9-11-31(26-38)35-23-36(32-12-10-14-39(27-32)56(3,4)54)25-37(24-35)50-51-44(33-19-21-42-40-15-5-7-17-46(40)57-48(42)28-33)30-45(52-50)34-20-22-43-41-16-6-8-18-47(41)58-49(43)29-34;1-27(2)28(3,4)33-29(32-27)24-16-22(20-11-9-13-25(18-20)34(5,6)30)15-23(17-24)21-12-10-14-26(19-21)35(7,8)31;29-28-30-22(16-9-11-20-18-5-1-3-7-24(18)32-26(20)13-16)15-23(31-28)17-10-12-21-19-6-2-4-8-25(19)33-27(21)14-17/h5-30H,1-4H3;9-19H,1-8H3;1-15H. The van der Waals surface area contributed by atoms with E-state index in [0.29, 0.717) is 5.82 Å². The van der Waals surface area contributed by atoms with Gasteiger partial charge in [0.15, 0.2) is 5.82 Å². The number of nitrogens with zero attached hydrogens (tertiary/aromatic N) is 4. The van der Waals surface area contributed by atoms with Crippen LogP contribution in [0.5, 0.6) is 0 Å². The monoisotopic (exact) mass is 1810 g/mol. The molecule has 20 aromatic rings. The van der Waals surface area contributed by atoms with Crippen molar-refractivity contribution in [1.29, 1.82) is 0 Å². The normalized spacial score (nSPS) is 13.6. The summed E-state index contributed by atoms with van der Waals surface area (Å²) in [5, 5.41) is 13.7. The van der Waals surface area contributed by atoms with E-state index >= 15 is 0 Å². The predicted molar refractivity (Wildman–Crippen MR) is 548 cm³/mol. The Balaban J connectivity index is 0.000000131. The Bertz CT molecular complexity index is 7560. The molecule has 1 aliphatic rings. The van der Waals surface area contributed by atoms with Crippen molar-refractivity contribution >= 4 is 200 Å². The quantitative estimate of drug-likeness (QED) is 0.0587. The fourth-order valence-corrected chi connectivity index (χ4v) is 24.7. The molecule has 21 rings (SSSR count). The summed E-state index contributed by atoms with van der Waals surface area (Å²) < 4.78 is 74.9. The van der Waals surface area contributed by atoms with Gasteiger partial charge in [-0.25, -0.2) is 19.9 Å². The Labute approximate surface area is 755 Å². The number of rotatable bonds is 14. The molecule has 0 amide bonds. The van der Waals surface area contributed by atoms with Gasteiger partial charge in [-0.3, -0.25) is 0 Å². The van der Waals surface area contributed by atoms with Crippen LogP contribution in [0.3, 0.4) is 0 Å². The topological polar surface area (TPSA) is 138 Å². The van der Waals surface area contributed by atoms with E-state index in [1.165, 1.54) is 80.7 Å². The summed E-state index contributed by atoms with van der Waals surface area (Å²) in [7, 11) is -10.4. The maximum absolute atomic E-state index is 13.3. The fourth-order valence-electron chi connectivity index (χ4n) is 16.4. The molecule has 0 saturated carbocycles. The Morgan fingerprint density at radius 1 is 0.254 bits per heavy atom. The highest BCUT2D eigenvalue weighted by molar-refractivity contribution is 7.71. The zero-order valence-corrected chi connectivity index (χ0v) is 79.2. The van der Waals surface area contributed by atoms with E-state index in [0.717, 1.165) is 122 Å². The van der Waals surface area contributed by atoms with Crippen molar-refractivity contribution in [1.82, 2.24) is 19.9 Å². The molecule has 622 valence electrons. The molecule has 1 fully saturated rings. The summed E-state index contributed by atoms with van der Waals surface area (Å²) in [5.74, 6) is 0.601. The molecule has 1 aliphatic heterocycles. The Hall–Kier alpha value is -10.7. The number of thiophene rings is 4. The van der Waals surface area contributed by atoms with Crippen molar-refractivity contribution in [3.63, 3.8) is 0 Å². The molecule has 0 bridgehead atoms. The van der Waals surface area contributed by atoms with Crippen LogP contribution in [0.2, 0.25) is 5.28 Å². The van der Waals surface area contributed by atoms with E-state index in [9.17, 15) is 18.3 Å². The van der Waals surface area contributed by atoms with Crippen LogP contribution in [-0.2, 0) is 27.6 Å². The number of halogens is 1. The van der Waals surface area contributed by atoms with Gasteiger partial charge in [0, 0.05) is 130 Å². The molecule has 1 saturated heterocycles. The van der Waals surface area contributed by atoms with Gasteiger partial charge in [0.1, 0.15) is 28.6 Å². The summed E-state index contributed by atoms with van der Waals surface area (Å²) in [5.41, 5.74) is 16.1. The molecule has 7 heterocycles. The number of hydrogen-bond acceptors (Lipinski definition) is 14. The van der Waals surface area contributed by atoms with Crippen molar-refractivity contribution < 1.29 is 27.6 Å². The number of fused-ring (bicyclic) bond motifs is 12. The Morgan fingerprint density at radius 3 is 0.794 bits per heavy atom. The summed E-state index contributed by atoms with van der Waals surface area (Å²) in [6.45, 7) is 22.6. The highest BCUT2D eigenvalue weighted by Crippen LogP contribution is 2.47. The highest BCUT2D eigenvalue weighted by Gasteiger charge is 2.52. The minimum atomic E-state index is -2.52. The summed E-state index contributed by atoms with van der Waals surface area (Å²) in [6, 6.07) is 109. The predicted octanol–water partition coefficient (Wildman–Crippen LogP) is 29.1. The third-order valence-electron chi connectivity index (χ3n) is 24.0. The lowest BCUT2D eigenvalue weighted by atomic mass is 9.76. The molecule has 126 heavy (non-hydrogen) atoms. The molecule has 0 unspecified atom stereocenters. The molecule has 0 N–H and O–H groups in total. The van der Waals surface area contributed by atoms with Crippen LogP contribution in [0.25, 0.3) is 182 Å². The zero-order valence-electron chi connectivity index (χ0n) is 71.6. The Kier molecular flexibility index (Phi) is 22.3. The van der Waals surface area contributed by atoms with E-state index in [1.54, 1.807) is 98.7 Å². The third kappa shape index (κ3) is 17.2. The molecule has 0 radical (unpaired) electrons. The van der Waals surface area contributed by atoms with Gasteiger partial charge in [0.2, 0.25) is 5.28 Å². The van der Waals surface area contributed by atoms with Crippen LogP contribution in [0.4, 0.5) is 0 Å². The molecule has 0 aliphatic carbocycles. The molecule has 6 aromatic heterocycles. The summed E-state index contributed by atoms with van der Waals surface area (Å²) in [6.07, 6.45) is 0. The lowest BCUT2D eigenvalue weighted by molar-refractivity contribution is 0.00578. The van der Waals surface area contributed by atoms with Gasteiger partial charge in [0.25, 0.3) is 0 Å². The van der Waals surface area contributed by atoms with Gasteiger partial charge < -0.3 is 27.6 Å². The van der Waals surface area contributed by atoms with E-state index < -0.39 is 46.9 Å². The molecule has 0 atom stereocenters. The second-order valence-corrected chi connectivity index (χ2v) is 52.5. The second kappa shape index (κ2) is 33.2. The van der Waals surface area contributed by atoms with Gasteiger partial charge in [-0.05, 0) is 252 Å². The molecular weight excluding hydrogens is 1720 g/mol. The SMILES string of the molecule is CC1(C)OB(c2cc(-c3cccc(P(C)(C)=O)c3)cc(-c3cccc(P(C)(C)=O)c3)c2)OC1(C)C.CP(C)(=O)c1cccc(-c2cc(-c3cccc(P(C)(C)=O)c3)cc(-c3nc(-c4ccc5c(c4)sc4ccccc45)cc(-c4ccc5c(c4)sc4ccccc45)n3)c2)c1.Clc1nc(-c2ccc3c(c2)sc2ccccc23)cc(-c2ccc3c(c2)sc2ccccc23)n1. The van der Waals surface area contributed by atoms with Crippen molar-refractivity contribution in [2.24, 2.45) is 0 Å². The molecule has 10 nitrogen and oxygen atoms in total. The van der Waals surface area contributed by atoms with Crippen LogP contribution >= 0.6 is 85.5 Å². The number of benzene rings is 14. The molecular formula is C106H88BClN4O6P4S4. The Morgan fingerprint density at radius 2 is 0.508 bits per heavy atom. The first-order valence-corrected chi connectivity index (χ1v) is 55.7. The summed E-state index contributed by atoms with van der Waals surface area (Å²) in [4.78, 5) is 19.8. The minimum absolute atomic E-state index is 0.260. The maximum Gasteiger partial charge on any atom is 0.494 e. The summed E-state index contributed by atoms with van der Waals surface area (Å²) >= 11 is 13.6. The van der Waals surface area contributed by atoms with Crippen molar-refractivity contribution in [3.05, 3.63) is 321 Å². The minimum Gasteiger partial charge on any atom is -0.399 e. The first-order valence-electron chi connectivity index (χ1n) is 41.6. The van der Waals surface area contributed by atoms with Crippen LogP contribution in [-0.4, -0.2) is 91.6 Å². The largest absolute Gasteiger partial charge is 0.494 e. The second-order valence-electron chi connectivity index (χ2n) is 34.9. The van der Waals surface area contributed by atoms with Crippen LogP contribution in [0.15, 0.2) is 315 Å². The van der Waals surface area contributed by atoms with E-state index in [4.69, 9.17) is 30.9 Å². The fraction of sp³-hybridized carbons (Fsp3) is 0.132. The van der Waals surface area contributed by atoms with E-state index in [2.05, 4.69) is 234 Å². The first kappa shape index (κ1) is 84.8. The van der Waals surface area contributed by atoms with Crippen molar-refractivity contribution in [2.45, 2.75) is 38.9 Å². The molecule has 0 spiro atoms. The van der Waals surface area contributed by atoms with Gasteiger partial charge in [-0.1, -0.05) is 206 Å². The van der Waals surface area contributed by atoms with E-state index in [1.807, 2.05) is 119 Å².